The monoisotopic (exact) mass is 272 g/mol. The highest BCUT2D eigenvalue weighted by Crippen LogP contribution is 2.33. The second kappa shape index (κ2) is 6.28. The molecule has 0 aromatic heterocycles. The molecule has 2 fully saturated rings. The van der Waals surface area contributed by atoms with Gasteiger partial charge in [-0.05, 0) is 63.1 Å². The van der Waals surface area contributed by atoms with Crippen LogP contribution in [0.25, 0.3) is 0 Å². The van der Waals surface area contributed by atoms with Crippen LogP contribution in [0.3, 0.4) is 0 Å². The van der Waals surface area contributed by atoms with Gasteiger partial charge in [0.05, 0.1) is 0 Å². The van der Waals surface area contributed by atoms with Crippen molar-refractivity contribution in [2.24, 2.45) is 5.92 Å². The van der Waals surface area contributed by atoms with Crippen LogP contribution in [0.1, 0.15) is 49.8 Å². The zero-order valence-electron chi connectivity index (χ0n) is 12.9. The summed E-state index contributed by atoms with van der Waals surface area (Å²) in [6.07, 6.45) is 5.58. The smallest absolute Gasteiger partial charge is 0.0323 e. The molecule has 2 nitrogen and oxygen atoms in total. The lowest BCUT2D eigenvalue weighted by Crippen LogP contribution is -2.40. The van der Waals surface area contributed by atoms with Gasteiger partial charge in [0.25, 0.3) is 0 Å². The molecule has 0 amide bonds. The lowest BCUT2D eigenvalue weighted by atomic mass is 10.0. The maximum Gasteiger partial charge on any atom is 0.0323 e. The second-order valence-electron chi connectivity index (χ2n) is 6.72. The van der Waals surface area contributed by atoms with E-state index in [1.165, 1.54) is 56.4 Å². The summed E-state index contributed by atoms with van der Waals surface area (Å²) in [5.41, 5.74) is 2.94. The summed E-state index contributed by atoms with van der Waals surface area (Å²) >= 11 is 0. The summed E-state index contributed by atoms with van der Waals surface area (Å²) < 4.78 is 0. The Morgan fingerprint density at radius 2 is 2.00 bits per heavy atom. The fourth-order valence-corrected chi connectivity index (χ4v) is 3.47. The predicted molar refractivity (Wildman–Crippen MR) is 84.9 cm³/mol. The van der Waals surface area contributed by atoms with Gasteiger partial charge in [0.2, 0.25) is 0 Å². The first-order chi connectivity index (χ1) is 9.74. The third kappa shape index (κ3) is 3.42. The Labute approximate surface area is 123 Å². The number of rotatable bonds is 6. The highest BCUT2D eigenvalue weighted by atomic mass is 15.2. The van der Waals surface area contributed by atoms with E-state index in [0.717, 1.165) is 5.92 Å². The van der Waals surface area contributed by atoms with Gasteiger partial charge < -0.3 is 5.32 Å². The minimum atomic E-state index is 0.541. The number of hydrogen-bond donors (Lipinski definition) is 1. The van der Waals surface area contributed by atoms with E-state index in [4.69, 9.17) is 0 Å². The van der Waals surface area contributed by atoms with Crippen LogP contribution < -0.4 is 5.32 Å². The molecule has 0 radical (unpaired) electrons. The molecule has 2 aliphatic rings. The molecule has 1 aromatic carbocycles. The first-order valence-corrected chi connectivity index (χ1v) is 8.27. The van der Waals surface area contributed by atoms with Crippen LogP contribution >= 0.6 is 0 Å². The Morgan fingerprint density at radius 1 is 1.20 bits per heavy atom. The van der Waals surface area contributed by atoms with Crippen molar-refractivity contribution in [3.8, 4) is 0 Å². The Hall–Kier alpha value is -0.860. The van der Waals surface area contributed by atoms with E-state index in [0.29, 0.717) is 12.1 Å². The van der Waals surface area contributed by atoms with Gasteiger partial charge in [0.15, 0.2) is 0 Å². The molecule has 20 heavy (non-hydrogen) atoms. The minimum Gasteiger partial charge on any atom is -0.313 e. The van der Waals surface area contributed by atoms with Crippen molar-refractivity contribution in [1.82, 2.24) is 10.2 Å². The summed E-state index contributed by atoms with van der Waals surface area (Å²) in [6.45, 7) is 8.34. The average Bonchev–Trinajstić information content (AvgIpc) is 3.11. The van der Waals surface area contributed by atoms with Crippen LogP contribution in [0, 0.1) is 12.8 Å². The topological polar surface area (TPSA) is 15.3 Å². The van der Waals surface area contributed by atoms with E-state index in [2.05, 4.69) is 48.3 Å². The zero-order valence-corrected chi connectivity index (χ0v) is 12.9. The molecule has 1 aliphatic carbocycles. The molecule has 110 valence electrons. The van der Waals surface area contributed by atoms with Crippen LogP contribution in [0.2, 0.25) is 0 Å². The Morgan fingerprint density at radius 3 is 2.65 bits per heavy atom. The highest BCUT2D eigenvalue weighted by Gasteiger charge is 2.29. The SMILES string of the molecule is Cc1ccccc1C(C)N(CC1CC1)CC1CCCN1. The number of nitrogens with zero attached hydrogens (tertiary/aromatic N) is 1. The first-order valence-electron chi connectivity index (χ1n) is 8.27. The van der Waals surface area contributed by atoms with Gasteiger partial charge >= 0.3 is 0 Å². The van der Waals surface area contributed by atoms with Crippen molar-refractivity contribution in [2.75, 3.05) is 19.6 Å². The van der Waals surface area contributed by atoms with E-state index < -0.39 is 0 Å². The molecule has 2 heteroatoms. The Balaban J connectivity index is 1.71. The zero-order chi connectivity index (χ0) is 13.9. The molecule has 1 saturated carbocycles. The Bertz CT molecular complexity index is 433. The molecule has 0 spiro atoms. The van der Waals surface area contributed by atoms with Crippen molar-refractivity contribution >= 4 is 0 Å². The molecular formula is C18H28N2. The molecule has 1 heterocycles. The van der Waals surface area contributed by atoms with E-state index in [1.807, 2.05) is 0 Å². The largest absolute Gasteiger partial charge is 0.313 e. The quantitative estimate of drug-likeness (QED) is 0.852. The van der Waals surface area contributed by atoms with Crippen LogP contribution in [-0.2, 0) is 0 Å². The standard InChI is InChI=1S/C18H28N2/c1-14-6-3-4-8-18(14)15(2)20(12-16-9-10-16)13-17-7-5-11-19-17/h3-4,6,8,15-17,19H,5,7,9-13H2,1-2H3. The van der Waals surface area contributed by atoms with Gasteiger partial charge in [0.1, 0.15) is 0 Å². The van der Waals surface area contributed by atoms with Gasteiger partial charge in [-0.3, -0.25) is 4.90 Å². The van der Waals surface area contributed by atoms with Gasteiger partial charge in [-0.1, -0.05) is 24.3 Å². The molecule has 1 saturated heterocycles. The normalized spacial score (nSPS) is 24.2. The molecule has 2 atom stereocenters. The van der Waals surface area contributed by atoms with Gasteiger partial charge in [0, 0.05) is 25.2 Å². The highest BCUT2D eigenvalue weighted by molar-refractivity contribution is 5.28. The van der Waals surface area contributed by atoms with Crippen LogP contribution in [0.5, 0.6) is 0 Å². The summed E-state index contributed by atoms with van der Waals surface area (Å²) in [6, 6.07) is 10.1. The van der Waals surface area contributed by atoms with Gasteiger partial charge in [-0.2, -0.15) is 0 Å². The first kappa shape index (κ1) is 14.1. The Kier molecular flexibility index (Phi) is 4.42. The minimum absolute atomic E-state index is 0.541. The third-order valence-electron chi connectivity index (χ3n) is 4.99. The molecule has 1 aliphatic heterocycles. The van der Waals surface area contributed by atoms with Crippen molar-refractivity contribution in [1.29, 1.82) is 0 Å². The molecular weight excluding hydrogens is 244 g/mol. The second-order valence-corrected chi connectivity index (χ2v) is 6.72. The molecule has 0 bridgehead atoms. The maximum absolute atomic E-state index is 3.66. The lowest BCUT2D eigenvalue weighted by molar-refractivity contribution is 0.183. The van der Waals surface area contributed by atoms with Crippen molar-refractivity contribution < 1.29 is 0 Å². The number of hydrogen-bond acceptors (Lipinski definition) is 2. The van der Waals surface area contributed by atoms with Crippen molar-refractivity contribution in [3.63, 3.8) is 0 Å². The predicted octanol–water partition coefficient (Wildman–Crippen LogP) is 3.52. The maximum atomic E-state index is 3.66. The van der Waals surface area contributed by atoms with Crippen molar-refractivity contribution in [2.45, 2.75) is 51.6 Å². The summed E-state index contributed by atoms with van der Waals surface area (Å²) in [5, 5.41) is 3.66. The number of aryl methyl sites for hydroxylation is 1. The molecule has 1 aromatic rings. The molecule has 1 N–H and O–H groups in total. The van der Waals surface area contributed by atoms with Crippen LogP contribution in [-0.4, -0.2) is 30.6 Å². The third-order valence-corrected chi connectivity index (χ3v) is 4.99. The van der Waals surface area contributed by atoms with Gasteiger partial charge in [-0.15, -0.1) is 0 Å². The van der Waals surface area contributed by atoms with Crippen molar-refractivity contribution in [3.05, 3.63) is 35.4 Å². The van der Waals surface area contributed by atoms with E-state index in [-0.39, 0.29) is 0 Å². The van der Waals surface area contributed by atoms with E-state index >= 15 is 0 Å². The summed E-state index contributed by atoms with van der Waals surface area (Å²) in [4.78, 5) is 2.73. The van der Waals surface area contributed by atoms with E-state index in [9.17, 15) is 0 Å². The molecule has 3 rings (SSSR count). The van der Waals surface area contributed by atoms with Crippen LogP contribution in [0.4, 0.5) is 0 Å². The van der Waals surface area contributed by atoms with Crippen LogP contribution in [0.15, 0.2) is 24.3 Å². The lowest BCUT2D eigenvalue weighted by Gasteiger charge is -2.32. The summed E-state index contributed by atoms with van der Waals surface area (Å²) in [5.74, 6) is 0.961. The molecule has 2 unspecified atom stereocenters. The number of benzene rings is 1. The average molecular weight is 272 g/mol. The summed E-state index contributed by atoms with van der Waals surface area (Å²) in [7, 11) is 0. The van der Waals surface area contributed by atoms with E-state index in [1.54, 1.807) is 0 Å². The fourth-order valence-electron chi connectivity index (χ4n) is 3.47. The fraction of sp³-hybridized carbons (Fsp3) is 0.667. The van der Waals surface area contributed by atoms with Gasteiger partial charge in [-0.25, -0.2) is 0 Å². The number of nitrogens with one attached hydrogen (secondary N) is 1.